The second-order valence-corrected chi connectivity index (χ2v) is 9.48. The van der Waals surface area contributed by atoms with Crippen LogP contribution in [-0.2, 0) is 19.4 Å². The minimum atomic E-state index is -3.30. The highest BCUT2D eigenvalue weighted by molar-refractivity contribution is 7.91. The van der Waals surface area contributed by atoms with Gasteiger partial charge in [0, 0.05) is 11.1 Å². The van der Waals surface area contributed by atoms with E-state index in [2.05, 4.69) is 0 Å². The Balaban J connectivity index is 1.77. The zero-order valence-corrected chi connectivity index (χ0v) is 16.5. The lowest BCUT2D eigenvalue weighted by Crippen LogP contribution is -2.49. The molecule has 1 saturated heterocycles. The Kier molecular flexibility index (Phi) is 4.63. The minimum Gasteiger partial charge on any atom is -0.488 e. The highest BCUT2D eigenvalue weighted by Crippen LogP contribution is 2.32. The van der Waals surface area contributed by atoms with E-state index in [-0.39, 0.29) is 35.7 Å². The molecule has 3 aliphatic rings. The Bertz CT molecular complexity index is 1170. The first-order valence-electron chi connectivity index (χ1n) is 9.14. The van der Waals surface area contributed by atoms with E-state index in [1.807, 2.05) is 36.4 Å². The molecule has 7 nitrogen and oxygen atoms in total. The van der Waals surface area contributed by atoms with Gasteiger partial charge in [-0.3, -0.25) is 14.5 Å². The van der Waals surface area contributed by atoms with Crippen molar-refractivity contribution < 1.29 is 22.7 Å². The Hall–Kier alpha value is -3.18. The number of hydrogen-bond acceptors (Lipinski definition) is 6. The fourth-order valence-electron chi connectivity index (χ4n) is 3.81. The highest BCUT2D eigenvalue weighted by atomic mass is 32.2. The van der Waals surface area contributed by atoms with Crippen LogP contribution in [0.3, 0.4) is 0 Å². The van der Waals surface area contributed by atoms with Gasteiger partial charge in [0.2, 0.25) is 0 Å². The Labute approximate surface area is 168 Å². The number of sulfone groups is 1. The predicted molar refractivity (Wildman–Crippen MR) is 105 cm³/mol. The van der Waals surface area contributed by atoms with Crippen LogP contribution in [0.2, 0.25) is 0 Å². The molecular weight excluding hydrogens is 392 g/mol. The zero-order chi connectivity index (χ0) is 20.8. The fourth-order valence-corrected chi connectivity index (χ4v) is 5.51. The first-order valence-corrected chi connectivity index (χ1v) is 11.0. The Morgan fingerprint density at radius 1 is 1.24 bits per heavy atom. The average Bonchev–Trinajstić information content (AvgIpc) is 3.05. The molecule has 0 aromatic heterocycles. The number of rotatable bonds is 2. The molecule has 8 heteroatoms. The third-order valence-electron chi connectivity index (χ3n) is 5.33. The van der Waals surface area contributed by atoms with Gasteiger partial charge in [0.05, 0.1) is 17.5 Å². The average molecular weight is 410 g/mol. The minimum absolute atomic E-state index is 0.0753. The topological polar surface area (TPSA) is 105 Å². The van der Waals surface area contributed by atoms with Gasteiger partial charge in [0.25, 0.3) is 11.8 Å². The van der Waals surface area contributed by atoms with Crippen LogP contribution in [0.25, 0.3) is 6.08 Å². The van der Waals surface area contributed by atoms with Crippen molar-refractivity contribution in [1.82, 2.24) is 4.90 Å². The molecule has 0 spiro atoms. The third-order valence-corrected chi connectivity index (χ3v) is 7.08. The molecule has 0 saturated carbocycles. The van der Waals surface area contributed by atoms with Gasteiger partial charge in [-0.2, -0.15) is 5.26 Å². The lowest BCUT2D eigenvalue weighted by Gasteiger charge is -2.31. The van der Waals surface area contributed by atoms with Crippen LogP contribution >= 0.6 is 0 Å². The molecular formula is C21H18N2O5S. The number of carbonyl (C=O) groups excluding carboxylic acids is 2. The Morgan fingerprint density at radius 3 is 2.69 bits per heavy atom. The van der Waals surface area contributed by atoms with Gasteiger partial charge in [-0.05, 0) is 42.7 Å². The fraction of sp³-hybridized carbons (Fsp3) is 0.286. The summed E-state index contributed by atoms with van der Waals surface area (Å²) in [5.74, 6) is -0.910. The number of imide groups is 1. The van der Waals surface area contributed by atoms with Crippen molar-refractivity contribution in [2.75, 3.05) is 18.1 Å². The van der Waals surface area contributed by atoms with Gasteiger partial charge in [-0.25, -0.2) is 8.42 Å². The van der Waals surface area contributed by atoms with Gasteiger partial charge in [0.1, 0.15) is 24.0 Å². The van der Waals surface area contributed by atoms with E-state index < -0.39 is 27.7 Å². The van der Waals surface area contributed by atoms with Crippen LogP contribution in [0.1, 0.15) is 18.9 Å². The number of para-hydroxylation sites is 1. The van der Waals surface area contributed by atoms with Crippen LogP contribution in [0.5, 0.6) is 5.75 Å². The molecule has 0 bridgehead atoms. The van der Waals surface area contributed by atoms with E-state index in [1.165, 1.54) is 0 Å². The van der Waals surface area contributed by atoms with Crippen LogP contribution in [0.4, 0.5) is 0 Å². The molecule has 0 radical (unpaired) electrons. The number of carbonyl (C=O) groups is 2. The van der Waals surface area contributed by atoms with Gasteiger partial charge in [-0.1, -0.05) is 18.2 Å². The van der Waals surface area contributed by atoms with Crippen molar-refractivity contribution in [2.45, 2.75) is 19.4 Å². The summed E-state index contributed by atoms with van der Waals surface area (Å²) in [6, 6.07) is 8.60. The van der Waals surface area contributed by atoms with Gasteiger partial charge in [0.15, 0.2) is 9.84 Å². The number of amides is 2. The van der Waals surface area contributed by atoms with Crippen LogP contribution in [-0.4, -0.2) is 49.3 Å². The molecule has 2 amide bonds. The normalized spacial score (nSPS) is 24.8. The first kappa shape index (κ1) is 19.2. The van der Waals surface area contributed by atoms with Crippen molar-refractivity contribution in [3.05, 3.63) is 58.2 Å². The van der Waals surface area contributed by atoms with Crippen molar-refractivity contribution in [3.8, 4) is 11.8 Å². The predicted octanol–water partition coefficient (Wildman–Crippen LogP) is 1.78. The summed E-state index contributed by atoms with van der Waals surface area (Å²) in [6.45, 7) is 1.80. The second-order valence-electron chi connectivity index (χ2n) is 7.25. The molecule has 4 rings (SSSR count). The molecule has 148 valence electrons. The van der Waals surface area contributed by atoms with E-state index in [0.29, 0.717) is 5.57 Å². The molecule has 29 heavy (non-hydrogen) atoms. The van der Waals surface area contributed by atoms with Gasteiger partial charge >= 0.3 is 0 Å². The first-order chi connectivity index (χ1) is 13.8. The molecule has 3 heterocycles. The van der Waals surface area contributed by atoms with Crippen LogP contribution in [0.15, 0.2) is 52.6 Å². The summed E-state index contributed by atoms with van der Waals surface area (Å²) in [5, 5.41) is 9.48. The zero-order valence-electron chi connectivity index (χ0n) is 15.7. The molecule has 1 atom stereocenters. The SMILES string of the molecule is CC1=C(C#N)C(=O)N([C@@H]2CCS(=O)(=O)C2)C(=O)/C1=C\C1=Cc2ccccc2OC1. The quantitative estimate of drug-likeness (QED) is 0.544. The van der Waals surface area contributed by atoms with E-state index >= 15 is 0 Å². The van der Waals surface area contributed by atoms with E-state index in [4.69, 9.17) is 4.74 Å². The maximum Gasteiger partial charge on any atom is 0.271 e. The summed E-state index contributed by atoms with van der Waals surface area (Å²) in [7, 11) is -3.30. The number of nitriles is 1. The Morgan fingerprint density at radius 2 is 2.00 bits per heavy atom. The van der Waals surface area contributed by atoms with Crippen molar-refractivity contribution in [3.63, 3.8) is 0 Å². The number of hydrogen-bond donors (Lipinski definition) is 0. The van der Waals surface area contributed by atoms with Crippen LogP contribution < -0.4 is 4.74 Å². The standard InChI is InChI=1S/C21H18N2O5S/c1-13-17(9-14-8-15-4-2-3-5-19(15)28-11-14)20(24)23(21(25)18(13)10-22)16-6-7-29(26,27)12-16/h2-5,8-9,16H,6-7,11-12H2,1H3/b17-9-/t16-/m1/s1. The lowest BCUT2D eigenvalue weighted by molar-refractivity contribution is -0.142. The molecule has 0 unspecified atom stereocenters. The number of fused-ring (bicyclic) bond motifs is 1. The maximum atomic E-state index is 13.2. The summed E-state index contributed by atoms with van der Waals surface area (Å²) in [4.78, 5) is 26.8. The molecule has 0 N–H and O–H groups in total. The molecule has 1 aromatic carbocycles. The molecule has 0 aliphatic carbocycles. The summed E-state index contributed by atoms with van der Waals surface area (Å²) in [5.41, 5.74) is 1.94. The molecule has 1 fully saturated rings. The van der Waals surface area contributed by atoms with E-state index in [9.17, 15) is 23.3 Å². The van der Waals surface area contributed by atoms with Crippen molar-refractivity contribution in [1.29, 1.82) is 5.26 Å². The lowest BCUT2D eigenvalue weighted by atomic mass is 9.92. The van der Waals surface area contributed by atoms with E-state index in [0.717, 1.165) is 21.8 Å². The largest absolute Gasteiger partial charge is 0.488 e. The molecule has 3 aliphatic heterocycles. The van der Waals surface area contributed by atoms with Gasteiger partial charge < -0.3 is 4.74 Å². The van der Waals surface area contributed by atoms with Crippen molar-refractivity contribution in [2.24, 2.45) is 0 Å². The summed E-state index contributed by atoms with van der Waals surface area (Å²) < 4.78 is 29.4. The molecule has 1 aromatic rings. The summed E-state index contributed by atoms with van der Waals surface area (Å²) >= 11 is 0. The second kappa shape index (κ2) is 7.01. The maximum absolute atomic E-state index is 13.2. The van der Waals surface area contributed by atoms with E-state index in [1.54, 1.807) is 13.0 Å². The number of benzene rings is 1. The highest BCUT2D eigenvalue weighted by Gasteiger charge is 2.43. The van der Waals surface area contributed by atoms with Crippen LogP contribution in [0, 0.1) is 11.3 Å². The smallest absolute Gasteiger partial charge is 0.271 e. The summed E-state index contributed by atoms with van der Waals surface area (Å²) in [6.07, 6.45) is 3.69. The third kappa shape index (κ3) is 3.38. The number of ether oxygens (including phenoxy) is 1. The number of nitrogens with zero attached hydrogens (tertiary/aromatic N) is 2. The monoisotopic (exact) mass is 410 g/mol. The van der Waals surface area contributed by atoms with Gasteiger partial charge in [-0.15, -0.1) is 0 Å². The van der Waals surface area contributed by atoms with Crippen molar-refractivity contribution >= 4 is 27.7 Å².